The Balaban J connectivity index is 2.74. The van der Waals surface area contributed by atoms with E-state index in [0.717, 1.165) is 0 Å². The van der Waals surface area contributed by atoms with Crippen LogP contribution in [0.2, 0.25) is 0 Å². The molecule has 1 aromatic rings. The van der Waals surface area contributed by atoms with Gasteiger partial charge >= 0.3 is 0 Å². The molecule has 0 aliphatic rings. The summed E-state index contributed by atoms with van der Waals surface area (Å²) in [5, 5.41) is 19.5. The smallest absolute Gasteiger partial charge is 0.119 e. The van der Waals surface area contributed by atoms with E-state index >= 15 is 0 Å². The Morgan fingerprint density at radius 1 is 1.38 bits per heavy atom. The minimum Gasteiger partial charge on any atom is -0.494 e. The van der Waals surface area contributed by atoms with Gasteiger partial charge in [0.15, 0.2) is 0 Å². The number of aliphatic hydroxyl groups is 2. The van der Waals surface area contributed by atoms with Crippen molar-refractivity contribution in [2.75, 3.05) is 13.2 Å². The molecule has 1 aromatic carbocycles. The molecule has 0 radical (unpaired) electrons. The summed E-state index contributed by atoms with van der Waals surface area (Å²) in [5.41, 5.74) is 5.97. The van der Waals surface area contributed by atoms with E-state index < -0.39 is 12.2 Å². The molecule has 0 heterocycles. The van der Waals surface area contributed by atoms with Crippen LogP contribution in [0.4, 0.5) is 0 Å². The first-order chi connectivity index (χ1) is 7.69. The predicted molar refractivity (Wildman–Crippen MR) is 62.2 cm³/mol. The average molecular weight is 225 g/mol. The Hall–Kier alpha value is -1.10. The maximum atomic E-state index is 9.85. The highest BCUT2D eigenvalue weighted by atomic mass is 16.5. The Morgan fingerprint density at radius 3 is 2.75 bits per heavy atom. The molecule has 0 saturated heterocycles. The van der Waals surface area contributed by atoms with E-state index in [1.165, 1.54) is 0 Å². The number of benzene rings is 1. The molecule has 0 aromatic heterocycles. The van der Waals surface area contributed by atoms with E-state index in [0.29, 0.717) is 30.9 Å². The van der Waals surface area contributed by atoms with Crippen LogP contribution in [0.3, 0.4) is 0 Å². The summed E-state index contributed by atoms with van der Waals surface area (Å²) in [6.07, 6.45) is -1.37. The lowest BCUT2D eigenvalue weighted by molar-refractivity contribution is 0.0149. The molecular weight excluding hydrogens is 206 g/mol. The van der Waals surface area contributed by atoms with Crippen LogP contribution in [-0.2, 0) is 0 Å². The molecular formula is C12H19NO3. The Labute approximate surface area is 95.7 Å². The summed E-state index contributed by atoms with van der Waals surface area (Å²) < 4.78 is 5.32. The van der Waals surface area contributed by atoms with E-state index in [2.05, 4.69) is 0 Å². The van der Waals surface area contributed by atoms with Gasteiger partial charge in [0.2, 0.25) is 0 Å². The number of nitrogens with two attached hydrogens (primary N) is 1. The summed E-state index contributed by atoms with van der Waals surface area (Å²) in [7, 11) is 0. The van der Waals surface area contributed by atoms with Crippen molar-refractivity contribution < 1.29 is 14.9 Å². The molecule has 16 heavy (non-hydrogen) atoms. The van der Waals surface area contributed by atoms with Gasteiger partial charge in [0.1, 0.15) is 11.9 Å². The van der Waals surface area contributed by atoms with Crippen LogP contribution in [0, 0.1) is 0 Å². The first-order valence-electron chi connectivity index (χ1n) is 5.48. The molecule has 1 rings (SSSR count). The van der Waals surface area contributed by atoms with Gasteiger partial charge in [-0.2, -0.15) is 0 Å². The zero-order valence-corrected chi connectivity index (χ0v) is 9.47. The van der Waals surface area contributed by atoms with Gasteiger partial charge in [-0.3, -0.25) is 0 Å². The van der Waals surface area contributed by atoms with Gasteiger partial charge < -0.3 is 20.7 Å². The van der Waals surface area contributed by atoms with Crippen molar-refractivity contribution in [1.29, 1.82) is 0 Å². The van der Waals surface area contributed by atoms with Crippen molar-refractivity contribution in [3.05, 3.63) is 29.8 Å². The Bertz CT molecular complexity index is 317. The quantitative estimate of drug-likeness (QED) is 0.670. The van der Waals surface area contributed by atoms with Crippen LogP contribution >= 0.6 is 0 Å². The van der Waals surface area contributed by atoms with Gasteiger partial charge in [-0.1, -0.05) is 12.1 Å². The topological polar surface area (TPSA) is 75.7 Å². The van der Waals surface area contributed by atoms with E-state index in [4.69, 9.17) is 10.5 Å². The molecule has 90 valence electrons. The molecule has 4 nitrogen and oxygen atoms in total. The van der Waals surface area contributed by atoms with Crippen LogP contribution < -0.4 is 10.5 Å². The summed E-state index contributed by atoms with van der Waals surface area (Å²) in [6, 6.07) is 7.09. The van der Waals surface area contributed by atoms with Gasteiger partial charge in [-0.25, -0.2) is 0 Å². The minimum absolute atomic E-state index is 0.351. The molecule has 2 atom stereocenters. The number of aliphatic hydroxyl groups excluding tert-OH is 2. The SMILES string of the molecule is CCOc1cccc(C(O)C(O)CCN)c1. The summed E-state index contributed by atoms with van der Waals surface area (Å²) in [6.45, 7) is 2.82. The lowest BCUT2D eigenvalue weighted by atomic mass is 10.0. The number of hydrogen-bond donors (Lipinski definition) is 3. The fourth-order valence-corrected chi connectivity index (χ4v) is 1.51. The van der Waals surface area contributed by atoms with Crippen LogP contribution in [0.5, 0.6) is 5.75 Å². The Morgan fingerprint density at radius 2 is 2.12 bits per heavy atom. The highest BCUT2D eigenvalue weighted by Crippen LogP contribution is 2.22. The van der Waals surface area contributed by atoms with Crippen LogP contribution in [-0.4, -0.2) is 29.5 Å². The highest BCUT2D eigenvalue weighted by molar-refractivity contribution is 5.30. The van der Waals surface area contributed by atoms with Gasteiger partial charge in [0.05, 0.1) is 12.7 Å². The summed E-state index contributed by atoms with van der Waals surface area (Å²) >= 11 is 0. The average Bonchev–Trinajstić information content (AvgIpc) is 2.29. The van der Waals surface area contributed by atoms with Crippen molar-refractivity contribution in [2.45, 2.75) is 25.6 Å². The van der Waals surface area contributed by atoms with E-state index in [-0.39, 0.29) is 0 Å². The first kappa shape index (κ1) is 13.0. The van der Waals surface area contributed by atoms with Crippen LogP contribution in [0.25, 0.3) is 0 Å². The van der Waals surface area contributed by atoms with Gasteiger partial charge in [0.25, 0.3) is 0 Å². The first-order valence-corrected chi connectivity index (χ1v) is 5.48. The van der Waals surface area contributed by atoms with Gasteiger partial charge in [-0.15, -0.1) is 0 Å². The van der Waals surface area contributed by atoms with E-state index in [1.54, 1.807) is 18.2 Å². The highest BCUT2D eigenvalue weighted by Gasteiger charge is 2.17. The maximum absolute atomic E-state index is 9.85. The van der Waals surface area contributed by atoms with Gasteiger partial charge in [-0.05, 0) is 37.6 Å². The van der Waals surface area contributed by atoms with Crippen molar-refractivity contribution in [2.24, 2.45) is 5.73 Å². The second kappa shape index (κ2) is 6.48. The molecule has 0 aliphatic heterocycles. The number of ether oxygens (including phenoxy) is 1. The predicted octanol–water partition coefficient (Wildman–Crippen LogP) is 0.828. The molecule has 2 unspecified atom stereocenters. The van der Waals surface area contributed by atoms with E-state index in [1.807, 2.05) is 13.0 Å². The monoisotopic (exact) mass is 225 g/mol. The largest absolute Gasteiger partial charge is 0.494 e. The molecule has 4 heteroatoms. The third-order valence-electron chi connectivity index (χ3n) is 2.34. The zero-order chi connectivity index (χ0) is 12.0. The zero-order valence-electron chi connectivity index (χ0n) is 9.47. The fraction of sp³-hybridized carbons (Fsp3) is 0.500. The lowest BCUT2D eigenvalue weighted by Crippen LogP contribution is -2.21. The number of rotatable bonds is 6. The van der Waals surface area contributed by atoms with Crippen LogP contribution in [0.1, 0.15) is 25.0 Å². The lowest BCUT2D eigenvalue weighted by Gasteiger charge is -2.18. The third-order valence-corrected chi connectivity index (χ3v) is 2.34. The normalized spacial score (nSPS) is 14.5. The molecule has 0 bridgehead atoms. The Kier molecular flexibility index (Phi) is 5.25. The third kappa shape index (κ3) is 3.48. The second-order valence-corrected chi connectivity index (χ2v) is 3.60. The number of hydrogen-bond acceptors (Lipinski definition) is 4. The van der Waals surface area contributed by atoms with E-state index in [9.17, 15) is 10.2 Å². The van der Waals surface area contributed by atoms with Crippen molar-refractivity contribution in [3.63, 3.8) is 0 Å². The fourth-order valence-electron chi connectivity index (χ4n) is 1.51. The van der Waals surface area contributed by atoms with Crippen molar-refractivity contribution >= 4 is 0 Å². The molecule has 0 fully saturated rings. The van der Waals surface area contributed by atoms with Crippen LogP contribution in [0.15, 0.2) is 24.3 Å². The minimum atomic E-state index is -0.913. The summed E-state index contributed by atoms with van der Waals surface area (Å²) in [5.74, 6) is 0.694. The van der Waals surface area contributed by atoms with Gasteiger partial charge in [0, 0.05) is 0 Å². The van der Waals surface area contributed by atoms with Crippen molar-refractivity contribution in [1.82, 2.24) is 0 Å². The van der Waals surface area contributed by atoms with Crippen molar-refractivity contribution in [3.8, 4) is 5.75 Å². The maximum Gasteiger partial charge on any atom is 0.119 e. The molecule has 0 spiro atoms. The second-order valence-electron chi connectivity index (χ2n) is 3.60. The molecule has 0 saturated carbocycles. The molecule has 0 aliphatic carbocycles. The molecule has 4 N–H and O–H groups in total. The standard InChI is InChI=1S/C12H19NO3/c1-2-16-10-5-3-4-9(8-10)12(15)11(14)6-7-13/h3-5,8,11-12,14-15H,2,6-7,13H2,1H3. The summed E-state index contributed by atoms with van der Waals surface area (Å²) in [4.78, 5) is 0. The molecule has 0 amide bonds.